The molecule has 0 bridgehead atoms. The third-order valence-electron chi connectivity index (χ3n) is 2.42. The molecule has 0 fully saturated rings. The summed E-state index contributed by atoms with van der Waals surface area (Å²) in [7, 11) is 0. The van der Waals surface area contributed by atoms with Gasteiger partial charge in [-0.05, 0) is 18.2 Å². The summed E-state index contributed by atoms with van der Waals surface area (Å²) in [5.74, 6) is 0. The molecule has 0 amide bonds. The zero-order valence-electron chi connectivity index (χ0n) is 8.18. The molecule has 3 heteroatoms. The van der Waals surface area contributed by atoms with E-state index in [1.165, 1.54) is 0 Å². The third kappa shape index (κ3) is 1.62. The van der Waals surface area contributed by atoms with Crippen LogP contribution in [0.5, 0.6) is 0 Å². The van der Waals surface area contributed by atoms with Gasteiger partial charge in [0.2, 0.25) is 0 Å². The summed E-state index contributed by atoms with van der Waals surface area (Å²) in [6, 6.07) is 9.69. The van der Waals surface area contributed by atoms with Gasteiger partial charge in [0.05, 0.1) is 11.6 Å². The van der Waals surface area contributed by atoms with Gasteiger partial charge >= 0.3 is 0 Å². The minimum atomic E-state index is 0.501. The van der Waals surface area contributed by atoms with E-state index in [1.54, 1.807) is 6.07 Å². The number of nitrogens with zero attached hydrogens (tertiary/aromatic N) is 2. The van der Waals surface area contributed by atoms with Crippen LogP contribution in [0.3, 0.4) is 0 Å². The second kappa shape index (κ2) is 3.97. The molecule has 2 rings (SSSR count). The van der Waals surface area contributed by atoms with Gasteiger partial charge < -0.3 is 9.36 Å². The molecule has 0 radical (unpaired) electrons. The Hall–Kier alpha value is -2.08. The van der Waals surface area contributed by atoms with Gasteiger partial charge in [-0.15, -0.1) is 0 Å². The highest BCUT2D eigenvalue weighted by Gasteiger charge is 2.03. The van der Waals surface area contributed by atoms with Crippen LogP contribution in [0.1, 0.15) is 12.0 Å². The maximum absolute atomic E-state index is 10.3. The molecule has 1 aromatic carbocycles. The Bertz CT molecular complexity index is 534. The van der Waals surface area contributed by atoms with E-state index in [-0.39, 0.29) is 0 Å². The highest BCUT2D eigenvalue weighted by Crippen LogP contribution is 2.19. The van der Waals surface area contributed by atoms with Crippen molar-refractivity contribution >= 4 is 17.2 Å². The lowest BCUT2D eigenvalue weighted by Crippen LogP contribution is -1.96. The van der Waals surface area contributed by atoms with E-state index in [9.17, 15) is 4.79 Å². The largest absolute Gasteiger partial charge is 0.347 e. The van der Waals surface area contributed by atoms with E-state index in [4.69, 9.17) is 5.26 Å². The highest BCUT2D eigenvalue weighted by atomic mass is 16.1. The van der Waals surface area contributed by atoms with Gasteiger partial charge in [0.25, 0.3) is 0 Å². The standard InChI is InChI=1S/C12H10N2O/c13-9-10-3-1-4-12-11(10)5-7-14(12)6-2-8-15/h1,3-5,7-8H,2,6H2. The quantitative estimate of drug-likeness (QED) is 0.709. The molecule has 0 aliphatic rings. The fraction of sp³-hybridized carbons (Fsp3) is 0.167. The normalized spacial score (nSPS) is 10.1. The van der Waals surface area contributed by atoms with Gasteiger partial charge in [0.1, 0.15) is 6.29 Å². The van der Waals surface area contributed by atoms with Crippen molar-refractivity contribution in [2.75, 3.05) is 0 Å². The van der Waals surface area contributed by atoms with E-state index in [2.05, 4.69) is 6.07 Å². The maximum atomic E-state index is 10.3. The SMILES string of the molecule is N#Cc1cccc2c1ccn2CCC=O. The molecule has 0 spiro atoms. The zero-order valence-corrected chi connectivity index (χ0v) is 8.18. The van der Waals surface area contributed by atoms with Crippen LogP contribution >= 0.6 is 0 Å². The number of aromatic nitrogens is 1. The van der Waals surface area contributed by atoms with Crippen LogP contribution in [0, 0.1) is 11.3 Å². The Morgan fingerprint density at radius 3 is 3.00 bits per heavy atom. The topological polar surface area (TPSA) is 45.8 Å². The first-order valence-electron chi connectivity index (χ1n) is 4.78. The minimum Gasteiger partial charge on any atom is -0.347 e. The lowest BCUT2D eigenvalue weighted by molar-refractivity contribution is -0.108. The number of carbonyl (C=O) groups excluding carboxylic acids is 1. The number of benzene rings is 1. The molecule has 1 heterocycles. The predicted molar refractivity (Wildman–Crippen MR) is 57.3 cm³/mol. The van der Waals surface area contributed by atoms with Crippen LogP contribution in [0.2, 0.25) is 0 Å². The molecule has 0 aliphatic heterocycles. The molecule has 74 valence electrons. The van der Waals surface area contributed by atoms with Gasteiger partial charge in [0, 0.05) is 30.1 Å². The van der Waals surface area contributed by atoms with E-state index in [0.29, 0.717) is 18.5 Å². The number of aldehydes is 1. The Morgan fingerprint density at radius 1 is 1.40 bits per heavy atom. The number of aryl methyl sites for hydroxylation is 1. The molecule has 3 nitrogen and oxygen atoms in total. The smallest absolute Gasteiger partial charge is 0.121 e. The molecule has 0 saturated carbocycles. The summed E-state index contributed by atoms with van der Waals surface area (Å²) >= 11 is 0. The number of nitriles is 1. The van der Waals surface area contributed by atoms with Gasteiger partial charge in [-0.3, -0.25) is 0 Å². The molecule has 0 unspecified atom stereocenters. The molecule has 15 heavy (non-hydrogen) atoms. The van der Waals surface area contributed by atoms with Gasteiger partial charge in [-0.25, -0.2) is 0 Å². The zero-order chi connectivity index (χ0) is 10.7. The highest BCUT2D eigenvalue weighted by molar-refractivity contribution is 5.86. The maximum Gasteiger partial charge on any atom is 0.121 e. The van der Waals surface area contributed by atoms with Crippen molar-refractivity contribution in [1.29, 1.82) is 5.26 Å². The van der Waals surface area contributed by atoms with Gasteiger partial charge in [-0.2, -0.15) is 5.26 Å². The summed E-state index contributed by atoms with van der Waals surface area (Å²) in [6.07, 6.45) is 3.32. The number of rotatable bonds is 3. The first-order valence-corrected chi connectivity index (χ1v) is 4.78. The molecular weight excluding hydrogens is 188 g/mol. The van der Waals surface area contributed by atoms with E-state index in [1.807, 2.05) is 29.0 Å². The van der Waals surface area contributed by atoms with Crippen molar-refractivity contribution in [3.63, 3.8) is 0 Å². The second-order valence-electron chi connectivity index (χ2n) is 3.31. The molecule has 0 aliphatic carbocycles. The number of hydrogen-bond acceptors (Lipinski definition) is 2. The first kappa shape index (κ1) is 9.47. The van der Waals surface area contributed by atoms with E-state index < -0.39 is 0 Å². The number of carbonyl (C=O) groups is 1. The van der Waals surface area contributed by atoms with Crippen molar-refractivity contribution in [3.05, 3.63) is 36.0 Å². The fourth-order valence-corrected chi connectivity index (χ4v) is 1.71. The Morgan fingerprint density at radius 2 is 2.27 bits per heavy atom. The van der Waals surface area contributed by atoms with Crippen LogP contribution in [0.4, 0.5) is 0 Å². The van der Waals surface area contributed by atoms with Crippen molar-refractivity contribution in [1.82, 2.24) is 4.57 Å². The molecular formula is C12H10N2O. The summed E-state index contributed by atoms with van der Waals surface area (Å²) in [5.41, 5.74) is 1.69. The lowest BCUT2D eigenvalue weighted by atomic mass is 10.1. The number of hydrogen-bond donors (Lipinski definition) is 0. The molecule has 2 aromatic rings. The monoisotopic (exact) mass is 198 g/mol. The Balaban J connectivity index is 2.52. The van der Waals surface area contributed by atoms with Crippen molar-refractivity contribution < 1.29 is 4.79 Å². The van der Waals surface area contributed by atoms with Gasteiger partial charge in [-0.1, -0.05) is 6.07 Å². The van der Waals surface area contributed by atoms with Crippen LogP contribution < -0.4 is 0 Å². The molecule has 0 saturated heterocycles. The van der Waals surface area contributed by atoms with Crippen molar-refractivity contribution in [3.8, 4) is 6.07 Å². The minimum absolute atomic E-state index is 0.501. The van der Waals surface area contributed by atoms with Crippen LogP contribution in [-0.4, -0.2) is 10.9 Å². The summed E-state index contributed by atoms with van der Waals surface area (Å²) in [6.45, 7) is 0.669. The number of fused-ring (bicyclic) bond motifs is 1. The van der Waals surface area contributed by atoms with Crippen LogP contribution in [-0.2, 0) is 11.3 Å². The predicted octanol–water partition coefficient (Wildman–Crippen LogP) is 2.10. The fourth-order valence-electron chi connectivity index (χ4n) is 1.71. The lowest BCUT2D eigenvalue weighted by Gasteiger charge is -2.01. The average Bonchev–Trinajstić information content (AvgIpc) is 2.69. The second-order valence-corrected chi connectivity index (χ2v) is 3.31. The summed E-state index contributed by atoms with van der Waals surface area (Å²) in [4.78, 5) is 10.3. The van der Waals surface area contributed by atoms with E-state index >= 15 is 0 Å². The summed E-state index contributed by atoms with van der Waals surface area (Å²) in [5, 5.41) is 9.86. The first-order chi connectivity index (χ1) is 7.36. The summed E-state index contributed by atoms with van der Waals surface area (Å²) < 4.78 is 1.99. The molecule has 0 atom stereocenters. The van der Waals surface area contributed by atoms with Crippen molar-refractivity contribution in [2.24, 2.45) is 0 Å². The third-order valence-corrected chi connectivity index (χ3v) is 2.42. The van der Waals surface area contributed by atoms with Gasteiger partial charge in [0.15, 0.2) is 0 Å². The molecule has 0 N–H and O–H groups in total. The average molecular weight is 198 g/mol. The Labute approximate surface area is 87.5 Å². The van der Waals surface area contributed by atoms with Crippen LogP contribution in [0.25, 0.3) is 10.9 Å². The van der Waals surface area contributed by atoms with Crippen molar-refractivity contribution in [2.45, 2.75) is 13.0 Å². The van der Waals surface area contributed by atoms with E-state index in [0.717, 1.165) is 17.2 Å². The Kier molecular flexibility index (Phi) is 2.51. The van der Waals surface area contributed by atoms with Crippen LogP contribution in [0.15, 0.2) is 30.5 Å². The molecule has 1 aromatic heterocycles.